The molecule has 0 radical (unpaired) electrons. The average molecular weight is 563 g/mol. The van der Waals surface area contributed by atoms with E-state index in [1.54, 1.807) is 14.2 Å². The molecule has 2 aliphatic rings. The second-order valence-electron chi connectivity index (χ2n) is 10.4. The number of hydrogen-bond acceptors (Lipinski definition) is 8. The van der Waals surface area contributed by atoms with E-state index in [4.69, 9.17) is 28.4 Å². The predicted molar refractivity (Wildman–Crippen MR) is 160 cm³/mol. The van der Waals surface area contributed by atoms with Crippen molar-refractivity contribution in [2.45, 2.75) is 31.5 Å². The number of anilines is 1. The molecular weight excluding hydrogens is 520 g/mol. The summed E-state index contributed by atoms with van der Waals surface area (Å²) in [5.74, 6) is 3.65. The Labute approximate surface area is 243 Å². The van der Waals surface area contributed by atoms with Crippen molar-refractivity contribution in [3.63, 3.8) is 0 Å². The number of methoxy groups -OCH3 is 2. The summed E-state index contributed by atoms with van der Waals surface area (Å²) in [7, 11) is 3.40. The molecule has 8 heteroatoms. The maximum absolute atomic E-state index is 6.53. The fourth-order valence-corrected chi connectivity index (χ4v) is 5.45. The molecule has 2 atom stereocenters. The minimum Gasteiger partial charge on any atom is -0.497 e. The van der Waals surface area contributed by atoms with Crippen molar-refractivity contribution in [2.24, 2.45) is 0 Å². The monoisotopic (exact) mass is 562 g/mol. The van der Waals surface area contributed by atoms with Crippen LogP contribution in [0, 0.1) is 0 Å². The largest absolute Gasteiger partial charge is 0.497 e. The van der Waals surface area contributed by atoms with Crippen LogP contribution in [0.2, 0.25) is 0 Å². The summed E-state index contributed by atoms with van der Waals surface area (Å²) < 4.78 is 34.6. The van der Waals surface area contributed by atoms with Crippen LogP contribution in [-0.4, -0.2) is 72.9 Å². The number of benzene rings is 3. The lowest BCUT2D eigenvalue weighted by Crippen LogP contribution is -2.41. The van der Waals surface area contributed by atoms with Crippen molar-refractivity contribution in [3.05, 3.63) is 77.9 Å². The van der Waals surface area contributed by atoms with Crippen LogP contribution < -0.4 is 29.2 Å². The molecule has 2 aliphatic heterocycles. The van der Waals surface area contributed by atoms with E-state index >= 15 is 0 Å². The molecule has 0 bridgehead atoms. The average Bonchev–Trinajstić information content (AvgIpc) is 3.03. The summed E-state index contributed by atoms with van der Waals surface area (Å²) in [4.78, 5) is 2.39. The number of rotatable bonds is 14. The fourth-order valence-electron chi connectivity index (χ4n) is 5.45. The molecule has 3 aromatic carbocycles. The number of hydrogen-bond donors (Lipinski definition) is 1. The van der Waals surface area contributed by atoms with E-state index < -0.39 is 0 Å². The first-order valence-corrected chi connectivity index (χ1v) is 14.5. The zero-order valence-electron chi connectivity index (χ0n) is 24.2. The van der Waals surface area contributed by atoms with Crippen molar-refractivity contribution in [2.75, 3.05) is 71.7 Å². The highest BCUT2D eigenvalue weighted by molar-refractivity contribution is 5.61. The highest BCUT2D eigenvalue weighted by Gasteiger charge is 2.27. The van der Waals surface area contributed by atoms with E-state index in [0.29, 0.717) is 32.3 Å². The predicted octanol–water partition coefficient (Wildman–Crippen LogP) is 5.05. The molecule has 0 aromatic heterocycles. The van der Waals surface area contributed by atoms with Crippen LogP contribution >= 0.6 is 0 Å². The van der Waals surface area contributed by atoms with E-state index in [1.165, 1.54) is 5.56 Å². The third-order valence-electron chi connectivity index (χ3n) is 7.62. The van der Waals surface area contributed by atoms with E-state index in [-0.39, 0.29) is 6.10 Å². The van der Waals surface area contributed by atoms with Crippen LogP contribution in [0.25, 0.3) is 0 Å². The summed E-state index contributed by atoms with van der Waals surface area (Å²) >= 11 is 0. The van der Waals surface area contributed by atoms with Crippen LogP contribution in [0.1, 0.15) is 29.9 Å². The molecule has 0 spiro atoms. The van der Waals surface area contributed by atoms with Gasteiger partial charge in [-0.15, -0.1) is 0 Å². The van der Waals surface area contributed by atoms with Gasteiger partial charge in [-0.3, -0.25) is 0 Å². The maximum atomic E-state index is 6.53. The van der Waals surface area contributed by atoms with Gasteiger partial charge in [0.2, 0.25) is 0 Å². The smallest absolute Gasteiger partial charge is 0.142 e. The van der Waals surface area contributed by atoms with Gasteiger partial charge in [-0.25, -0.2) is 0 Å². The van der Waals surface area contributed by atoms with Gasteiger partial charge in [0, 0.05) is 38.8 Å². The highest BCUT2D eigenvalue weighted by Crippen LogP contribution is 2.34. The first-order chi connectivity index (χ1) is 20.2. The molecule has 220 valence electrons. The van der Waals surface area contributed by atoms with Gasteiger partial charge in [-0.1, -0.05) is 24.3 Å². The lowest BCUT2D eigenvalue weighted by molar-refractivity contribution is 0.0106. The number of fused-ring (bicyclic) bond motifs is 1. The second-order valence-corrected chi connectivity index (χ2v) is 10.4. The number of nitrogens with one attached hydrogen (secondary N) is 1. The number of piperidine rings is 1. The van der Waals surface area contributed by atoms with Gasteiger partial charge in [0.05, 0.1) is 32.1 Å². The van der Waals surface area contributed by atoms with Gasteiger partial charge >= 0.3 is 0 Å². The quantitative estimate of drug-likeness (QED) is 0.274. The molecule has 1 saturated heterocycles. The van der Waals surface area contributed by atoms with Crippen molar-refractivity contribution in [1.82, 2.24) is 5.32 Å². The standard InChI is InChI=1S/C33H42N2O6/c1-36-17-4-15-35-16-18-40-32-12-7-25(21-31(32)35)24-41-33-23-34-14-13-30(33)26-8-10-27(11-9-26)38-19-20-39-29-6-3-5-28(22-29)37-2/h3,5-12,21-22,30,33-34H,4,13-20,23-24H2,1-2H3. The Hall–Kier alpha value is -3.46. The van der Waals surface area contributed by atoms with E-state index in [2.05, 4.69) is 40.5 Å². The van der Waals surface area contributed by atoms with E-state index in [9.17, 15) is 0 Å². The summed E-state index contributed by atoms with van der Waals surface area (Å²) in [5, 5.41) is 3.51. The molecule has 1 fully saturated rings. The Morgan fingerprint density at radius 1 is 0.902 bits per heavy atom. The summed E-state index contributed by atoms with van der Waals surface area (Å²) in [5.41, 5.74) is 3.59. The molecular formula is C33H42N2O6. The SMILES string of the molecule is COCCCN1CCOc2ccc(COC3CNCCC3c3ccc(OCCOc4cccc(OC)c4)cc3)cc21. The molecule has 0 saturated carbocycles. The third-order valence-corrected chi connectivity index (χ3v) is 7.62. The summed E-state index contributed by atoms with van der Waals surface area (Å²) in [6.45, 7) is 6.63. The first kappa shape index (κ1) is 29.0. The summed E-state index contributed by atoms with van der Waals surface area (Å²) in [6.07, 6.45) is 2.12. The Morgan fingerprint density at radius 2 is 1.73 bits per heavy atom. The zero-order valence-corrected chi connectivity index (χ0v) is 24.2. The molecule has 2 heterocycles. The molecule has 2 unspecified atom stereocenters. The minimum atomic E-state index is 0.0943. The topological polar surface area (TPSA) is 70.7 Å². The van der Waals surface area contributed by atoms with Crippen LogP contribution in [-0.2, 0) is 16.1 Å². The van der Waals surface area contributed by atoms with Crippen LogP contribution in [0.5, 0.6) is 23.0 Å². The van der Waals surface area contributed by atoms with Crippen molar-refractivity contribution >= 4 is 5.69 Å². The van der Waals surface area contributed by atoms with Crippen molar-refractivity contribution in [1.29, 1.82) is 0 Å². The van der Waals surface area contributed by atoms with Gasteiger partial charge in [-0.2, -0.15) is 0 Å². The Bertz CT molecular complexity index is 1220. The molecule has 3 aromatic rings. The Balaban J connectivity index is 1.13. The van der Waals surface area contributed by atoms with Crippen LogP contribution in [0.3, 0.4) is 0 Å². The van der Waals surface area contributed by atoms with Crippen molar-refractivity contribution < 1.29 is 28.4 Å². The molecule has 1 N–H and O–H groups in total. The van der Waals surface area contributed by atoms with Crippen molar-refractivity contribution in [3.8, 4) is 23.0 Å². The normalized spacial score (nSPS) is 18.3. The lowest BCUT2D eigenvalue weighted by atomic mass is 9.87. The minimum absolute atomic E-state index is 0.0943. The third kappa shape index (κ3) is 8.06. The second kappa shape index (κ2) is 15.0. The van der Waals surface area contributed by atoms with Gasteiger partial charge in [0.1, 0.15) is 42.8 Å². The van der Waals surface area contributed by atoms with Gasteiger partial charge in [-0.05, 0) is 66.9 Å². The van der Waals surface area contributed by atoms with Gasteiger partial charge in [0.15, 0.2) is 0 Å². The first-order valence-electron chi connectivity index (χ1n) is 14.5. The maximum Gasteiger partial charge on any atom is 0.142 e. The zero-order chi connectivity index (χ0) is 28.3. The lowest BCUT2D eigenvalue weighted by Gasteiger charge is -2.33. The molecule has 5 rings (SSSR count). The van der Waals surface area contributed by atoms with Gasteiger partial charge < -0.3 is 38.6 Å². The molecule has 41 heavy (non-hydrogen) atoms. The molecule has 8 nitrogen and oxygen atoms in total. The Morgan fingerprint density at radius 3 is 2.56 bits per heavy atom. The van der Waals surface area contributed by atoms with E-state index in [0.717, 1.165) is 79.9 Å². The number of nitrogens with zero attached hydrogens (tertiary/aromatic N) is 1. The fraction of sp³-hybridized carbons (Fsp3) is 0.455. The Kier molecular flexibility index (Phi) is 10.6. The molecule has 0 amide bonds. The van der Waals surface area contributed by atoms with Crippen LogP contribution in [0.15, 0.2) is 66.7 Å². The van der Waals surface area contributed by atoms with Crippen LogP contribution in [0.4, 0.5) is 5.69 Å². The highest BCUT2D eigenvalue weighted by atomic mass is 16.5. The number of ether oxygens (including phenoxy) is 6. The summed E-state index contributed by atoms with van der Waals surface area (Å²) in [6, 6.07) is 22.4. The van der Waals surface area contributed by atoms with E-state index in [1.807, 2.05) is 36.4 Å². The molecule has 0 aliphatic carbocycles. The van der Waals surface area contributed by atoms with Gasteiger partial charge in [0.25, 0.3) is 0 Å².